The average molecular weight is 424 g/mol. The average Bonchev–Trinajstić information content (AvgIpc) is 3.52. The molecular weight excluding hydrogens is 394 g/mol. The van der Waals surface area contributed by atoms with Crippen molar-refractivity contribution in [2.24, 2.45) is 7.05 Å². The van der Waals surface area contributed by atoms with E-state index in [2.05, 4.69) is 26.2 Å². The molecule has 2 saturated heterocycles. The van der Waals surface area contributed by atoms with E-state index in [9.17, 15) is 14.4 Å². The summed E-state index contributed by atoms with van der Waals surface area (Å²) in [6.45, 7) is 3.01. The Bertz CT molecular complexity index is 964. The van der Waals surface area contributed by atoms with Crippen LogP contribution in [0.4, 0.5) is 11.4 Å². The number of aromatic nitrogens is 1. The zero-order valence-electron chi connectivity index (χ0n) is 17.8. The SMILES string of the molecule is Cn1cccc1C(CNC(=O)C(=O)Nc1cccc(N2CCCC2=O)c1)N1CCCC1. The molecule has 0 saturated carbocycles. The minimum absolute atomic E-state index is 0.0313. The number of rotatable bonds is 6. The summed E-state index contributed by atoms with van der Waals surface area (Å²) in [5.41, 5.74) is 2.35. The second-order valence-corrected chi connectivity index (χ2v) is 8.17. The normalized spacial score (nSPS) is 17.7. The number of amides is 3. The molecule has 1 unspecified atom stereocenters. The lowest BCUT2D eigenvalue weighted by molar-refractivity contribution is -0.136. The van der Waals surface area contributed by atoms with E-state index in [1.165, 1.54) is 0 Å². The second-order valence-electron chi connectivity index (χ2n) is 8.17. The highest BCUT2D eigenvalue weighted by Crippen LogP contribution is 2.25. The maximum Gasteiger partial charge on any atom is 0.313 e. The smallest absolute Gasteiger partial charge is 0.313 e. The molecule has 31 heavy (non-hydrogen) atoms. The highest BCUT2D eigenvalue weighted by Gasteiger charge is 2.27. The van der Waals surface area contributed by atoms with Crippen LogP contribution in [0.5, 0.6) is 0 Å². The molecule has 1 aromatic heterocycles. The summed E-state index contributed by atoms with van der Waals surface area (Å²) in [5, 5.41) is 5.45. The minimum Gasteiger partial charge on any atom is -0.353 e. The van der Waals surface area contributed by atoms with Crippen LogP contribution in [0.15, 0.2) is 42.6 Å². The molecule has 2 aliphatic heterocycles. The zero-order valence-corrected chi connectivity index (χ0v) is 17.8. The van der Waals surface area contributed by atoms with Crippen molar-refractivity contribution >= 4 is 29.1 Å². The molecule has 0 bridgehead atoms. The molecule has 1 atom stereocenters. The Hall–Kier alpha value is -3.13. The van der Waals surface area contributed by atoms with Crippen molar-refractivity contribution in [3.05, 3.63) is 48.3 Å². The quantitative estimate of drug-likeness (QED) is 0.697. The summed E-state index contributed by atoms with van der Waals surface area (Å²) in [6.07, 6.45) is 5.65. The van der Waals surface area contributed by atoms with Crippen LogP contribution in [0.2, 0.25) is 0 Å². The zero-order chi connectivity index (χ0) is 21.8. The molecular formula is C23H29N5O3. The molecule has 0 aliphatic carbocycles. The Morgan fingerprint density at radius 3 is 2.52 bits per heavy atom. The molecule has 2 aromatic rings. The first-order valence-electron chi connectivity index (χ1n) is 10.9. The number of nitrogens with one attached hydrogen (secondary N) is 2. The van der Waals surface area contributed by atoms with E-state index in [4.69, 9.17) is 0 Å². The standard InChI is InChI=1S/C23H29N5O3/c1-26-11-5-9-19(26)20(27-12-2-3-13-27)16-24-22(30)23(31)25-17-7-4-8-18(15-17)28-14-6-10-21(28)29/h4-5,7-9,11,15,20H,2-3,6,10,12-14,16H2,1H3,(H,24,30)(H,25,31). The first-order valence-corrected chi connectivity index (χ1v) is 10.9. The summed E-state index contributed by atoms with van der Waals surface area (Å²) in [4.78, 5) is 41.0. The molecule has 3 amide bonds. The summed E-state index contributed by atoms with van der Waals surface area (Å²) >= 11 is 0. The van der Waals surface area contributed by atoms with Gasteiger partial charge in [-0.05, 0) is 62.7 Å². The van der Waals surface area contributed by atoms with Crippen molar-refractivity contribution < 1.29 is 14.4 Å². The fourth-order valence-corrected chi connectivity index (χ4v) is 4.42. The maximum atomic E-state index is 12.5. The lowest BCUT2D eigenvalue weighted by Crippen LogP contribution is -2.41. The van der Waals surface area contributed by atoms with Crippen LogP contribution >= 0.6 is 0 Å². The van der Waals surface area contributed by atoms with Gasteiger partial charge in [0.1, 0.15) is 0 Å². The topological polar surface area (TPSA) is 86.7 Å². The van der Waals surface area contributed by atoms with Gasteiger partial charge in [-0.15, -0.1) is 0 Å². The highest BCUT2D eigenvalue weighted by molar-refractivity contribution is 6.39. The van der Waals surface area contributed by atoms with Crippen molar-refractivity contribution in [3.8, 4) is 0 Å². The van der Waals surface area contributed by atoms with Crippen LogP contribution in [0.1, 0.15) is 37.4 Å². The number of nitrogens with zero attached hydrogens (tertiary/aromatic N) is 3. The van der Waals surface area contributed by atoms with Crippen LogP contribution < -0.4 is 15.5 Å². The first-order chi connectivity index (χ1) is 15.0. The van der Waals surface area contributed by atoms with Crippen LogP contribution in [0.25, 0.3) is 0 Å². The summed E-state index contributed by atoms with van der Waals surface area (Å²) in [7, 11) is 1.99. The highest BCUT2D eigenvalue weighted by atomic mass is 16.2. The molecule has 2 aliphatic rings. The van der Waals surface area contributed by atoms with E-state index in [0.29, 0.717) is 25.2 Å². The lowest BCUT2D eigenvalue weighted by atomic mass is 10.1. The van der Waals surface area contributed by atoms with E-state index >= 15 is 0 Å². The third kappa shape index (κ3) is 4.80. The minimum atomic E-state index is -0.711. The Morgan fingerprint density at radius 2 is 1.84 bits per heavy atom. The van der Waals surface area contributed by atoms with Crippen LogP contribution in [0.3, 0.4) is 0 Å². The largest absolute Gasteiger partial charge is 0.353 e. The Balaban J connectivity index is 1.37. The number of carbonyl (C=O) groups excluding carboxylic acids is 3. The van der Waals surface area contributed by atoms with Crippen molar-refractivity contribution in [2.45, 2.75) is 31.7 Å². The number of hydrogen-bond donors (Lipinski definition) is 2. The molecule has 0 radical (unpaired) electrons. The van der Waals surface area contributed by atoms with Crippen molar-refractivity contribution in [1.29, 1.82) is 0 Å². The lowest BCUT2D eigenvalue weighted by Gasteiger charge is -2.28. The van der Waals surface area contributed by atoms with Crippen molar-refractivity contribution in [3.63, 3.8) is 0 Å². The van der Waals surface area contributed by atoms with Crippen LogP contribution in [-0.2, 0) is 21.4 Å². The number of hydrogen-bond acceptors (Lipinski definition) is 4. The van der Waals surface area contributed by atoms with E-state index in [1.807, 2.05) is 25.4 Å². The van der Waals surface area contributed by atoms with Gasteiger partial charge in [0, 0.05) is 49.8 Å². The van der Waals surface area contributed by atoms with Gasteiger partial charge in [0.05, 0.1) is 6.04 Å². The van der Waals surface area contributed by atoms with Gasteiger partial charge in [0.2, 0.25) is 5.91 Å². The monoisotopic (exact) mass is 423 g/mol. The molecule has 1 aromatic carbocycles. The second kappa shape index (κ2) is 9.34. The Kier molecular flexibility index (Phi) is 6.36. The first kappa shape index (κ1) is 21.1. The fourth-order valence-electron chi connectivity index (χ4n) is 4.42. The fraction of sp³-hybridized carbons (Fsp3) is 0.435. The molecule has 4 rings (SSSR count). The number of anilines is 2. The van der Waals surface area contributed by atoms with Gasteiger partial charge in [0.15, 0.2) is 0 Å². The van der Waals surface area contributed by atoms with Gasteiger partial charge < -0.3 is 20.1 Å². The van der Waals surface area contributed by atoms with Gasteiger partial charge in [-0.25, -0.2) is 0 Å². The van der Waals surface area contributed by atoms with Gasteiger partial charge in [-0.3, -0.25) is 19.3 Å². The molecule has 8 heteroatoms. The number of benzene rings is 1. The van der Waals surface area contributed by atoms with E-state index < -0.39 is 11.8 Å². The van der Waals surface area contributed by atoms with E-state index in [0.717, 1.165) is 43.7 Å². The molecule has 164 valence electrons. The summed E-state index contributed by atoms with van der Waals surface area (Å²) in [5.74, 6) is -1.30. The van der Waals surface area contributed by atoms with Gasteiger partial charge in [0.25, 0.3) is 0 Å². The number of carbonyl (C=O) groups is 3. The van der Waals surface area contributed by atoms with Crippen molar-refractivity contribution in [2.75, 3.05) is 36.4 Å². The Labute approximate surface area is 182 Å². The molecule has 2 fully saturated rings. The van der Waals surface area contributed by atoms with Crippen molar-refractivity contribution in [1.82, 2.24) is 14.8 Å². The molecule has 3 heterocycles. The third-order valence-corrected chi connectivity index (χ3v) is 6.06. The Morgan fingerprint density at radius 1 is 1.03 bits per heavy atom. The predicted octanol–water partition coefficient (Wildman–Crippen LogP) is 2.04. The van der Waals surface area contributed by atoms with Gasteiger partial charge in [-0.1, -0.05) is 6.07 Å². The number of likely N-dealkylation sites (tertiary alicyclic amines) is 1. The number of aryl methyl sites for hydroxylation is 1. The van der Waals surface area contributed by atoms with Crippen LogP contribution in [0, 0.1) is 0 Å². The maximum absolute atomic E-state index is 12.5. The third-order valence-electron chi connectivity index (χ3n) is 6.06. The van der Waals surface area contributed by atoms with Gasteiger partial charge >= 0.3 is 11.8 Å². The van der Waals surface area contributed by atoms with E-state index in [1.54, 1.807) is 23.1 Å². The molecule has 2 N–H and O–H groups in total. The van der Waals surface area contributed by atoms with Gasteiger partial charge in [-0.2, -0.15) is 0 Å². The van der Waals surface area contributed by atoms with Crippen LogP contribution in [-0.4, -0.2) is 53.4 Å². The summed E-state index contributed by atoms with van der Waals surface area (Å²) in [6, 6.07) is 11.1. The predicted molar refractivity (Wildman–Crippen MR) is 119 cm³/mol. The van der Waals surface area contributed by atoms with E-state index in [-0.39, 0.29) is 11.9 Å². The molecule has 0 spiro atoms. The molecule has 8 nitrogen and oxygen atoms in total. The summed E-state index contributed by atoms with van der Waals surface area (Å²) < 4.78 is 2.06.